The molecule has 3 N–H and O–H groups in total. The van der Waals surface area contributed by atoms with E-state index in [1.165, 1.54) is 11.9 Å². The van der Waals surface area contributed by atoms with E-state index in [1.54, 1.807) is 43.3 Å². The van der Waals surface area contributed by atoms with Gasteiger partial charge >= 0.3 is 0 Å². The van der Waals surface area contributed by atoms with Crippen LogP contribution in [-0.4, -0.2) is 73.0 Å². The molecule has 0 aliphatic carbocycles. The molecule has 12 heteroatoms. The molecule has 1 fully saturated rings. The van der Waals surface area contributed by atoms with Crippen LogP contribution >= 0.6 is 0 Å². The van der Waals surface area contributed by atoms with Gasteiger partial charge in [0.05, 0.1) is 19.8 Å². The number of hydrogen-bond acceptors (Lipinski definition) is 8. The Hall–Kier alpha value is -4.45. The van der Waals surface area contributed by atoms with Gasteiger partial charge in [0.15, 0.2) is 11.6 Å². The van der Waals surface area contributed by atoms with Gasteiger partial charge in [-0.1, -0.05) is 6.07 Å². The molecule has 3 aromatic rings. The number of ether oxygens (including phenoxy) is 1. The zero-order valence-corrected chi connectivity index (χ0v) is 21.3. The van der Waals surface area contributed by atoms with E-state index in [0.29, 0.717) is 42.7 Å². The Morgan fingerprint density at radius 2 is 2.08 bits per heavy atom. The van der Waals surface area contributed by atoms with Gasteiger partial charge in [0.2, 0.25) is 18.2 Å². The molecule has 12 nitrogen and oxygen atoms in total. The van der Waals surface area contributed by atoms with Crippen LogP contribution in [0, 0.1) is 0 Å². The quantitative estimate of drug-likeness (QED) is 0.390. The molecule has 0 saturated carbocycles. The van der Waals surface area contributed by atoms with E-state index < -0.39 is 11.9 Å². The van der Waals surface area contributed by atoms with E-state index in [4.69, 9.17) is 9.15 Å². The number of anilines is 1. The molecule has 2 aliphatic heterocycles. The lowest BCUT2D eigenvalue weighted by atomic mass is 10.1. The van der Waals surface area contributed by atoms with Crippen molar-refractivity contribution in [3.8, 4) is 5.75 Å². The Bertz CT molecular complexity index is 1370. The Kier molecular flexibility index (Phi) is 7.91. The molecule has 1 saturated heterocycles. The van der Waals surface area contributed by atoms with Gasteiger partial charge in [-0.2, -0.15) is 0 Å². The lowest BCUT2D eigenvalue weighted by molar-refractivity contribution is -0.125. The van der Waals surface area contributed by atoms with Crippen LogP contribution in [0.25, 0.3) is 11.1 Å². The summed E-state index contributed by atoms with van der Waals surface area (Å²) in [5.74, 6) is 0.942. The van der Waals surface area contributed by atoms with Gasteiger partial charge < -0.3 is 29.8 Å². The molecule has 4 amide bonds. The monoisotopic (exact) mass is 523 g/mol. The smallest absolute Gasteiger partial charge is 0.254 e. The normalized spacial score (nSPS) is 17.1. The van der Waals surface area contributed by atoms with Crippen LogP contribution in [0.2, 0.25) is 0 Å². The highest BCUT2D eigenvalue weighted by molar-refractivity contribution is 5.98. The molecule has 5 rings (SSSR count). The molecule has 38 heavy (non-hydrogen) atoms. The minimum Gasteiger partial charge on any atom is -0.497 e. The number of likely N-dealkylation sites (N-methyl/N-ethyl adjacent to an activating group) is 1. The minimum absolute atomic E-state index is 0.0777. The second kappa shape index (κ2) is 11.3. The summed E-state index contributed by atoms with van der Waals surface area (Å²) < 4.78 is 10.7. The fourth-order valence-electron chi connectivity index (χ4n) is 4.49. The number of aliphatic hydroxyl groups is 1. The van der Waals surface area contributed by atoms with Gasteiger partial charge in [-0.15, -0.1) is 0 Å². The number of nitrogens with one attached hydrogen (secondary N) is 2. The molecule has 2 aliphatic rings. The summed E-state index contributed by atoms with van der Waals surface area (Å²) in [7, 11) is 4.86. The van der Waals surface area contributed by atoms with Crippen molar-refractivity contribution in [2.24, 2.45) is 0 Å². The van der Waals surface area contributed by atoms with Crippen molar-refractivity contribution < 1.29 is 33.4 Å². The molecular formula is C26H29N5O7. The van der Waals surface area contributed by atoms with E-state index in [9.17, 15) is 24.3 Å². The number of amides is 4. The first-order valence-electron chi connectivity index (χ1n) is 12.0. The van der Waals surface area contributed by atoms with Crippen molar-refractivity contribution in [1.29, 1.82) is 0 Å². The van der Waals surface area contributed by atoms with Crippen LogP contribution in [0.3, 0.4) is 0 Å². The number of nitrogens with zero attached hydrogens (tertiary/aromatic N) is 3. The maximum absolute atomic E-state index is 12.1. The average Bonchev–Trinajstić information content (AvgIpc) is 3.61. The highest BCUT2D eigenvalue weighted by Crippen LogP contribution is 2.29. The molecule has 0 radical (unpaired) electrons. The minimum atomic E-state index is -0.973. The van der Waals surface area contributed by atoms with E-state index in [-0.39, 0.29) is 30.2 Å². The number of hydrogen-bond donors (Lipinski definition) is 3. The van der Waals surface area contributed by atoms with Crippen molar-refractivity contribution in [2.75, 3.05) is 32.7 Å². The highest BCUT2D eigenvalue weighted by atomic mass is 16.5. The van der Waals surface area contributed by atoms with Crippen molar-refractivity contribution in [3.63, 3.8) is 0 Å². The summed E-state index contributed by atoms with van der Waals surface area (Å²) >= 11 is 0. The van der Waals surface area contributed by atoms with Crippen LogP contribution in [0.4, 0.5) is 5.82 Å². The largest absolute Gasteiger partial charge is 0.497 e. The standard InChI is InChI=1S/C16H18N4O5.C10H11NO2/c1-17-16(24)15(18-8-22)12-6-10-11(25-12)3-4-13(19-10)20-9(7-21)2-5-14(20)23;1-11-6-7-3-4-8(13-2)5-9(7)10(11)12/h3-4,6,8-9,15,21H,2,5,7H2,1H3,(H,17,24)(H,18,22);3-5H,6H2,1-2H3. The first-order chi connectivity index (χ1) is 18.3. The third-order valence-corrected chi connectivity index (χ3v) is 6.49. The number of pyridine rings is 1. The Labute approximate surface area is 218 Å². The molecule has 0 spiro atoms. The Morgan fingerprint density at radius 3 is 2.76 bits per heavy atom. The summed E-state index contributed by atoms with van der Waals surface area (Å²) in [6.45, 7) is 0.572. The number of methoxy groups -OCH3 is 1. The lowest BCUT2D eigenvalue weighted by Gasteiger charge is -2.21. The Morgan fingerprint density at radius 1 is 1.29 bits per heavy atom. The topological polar surface area (TPSA) is 154 Å². The van der Waals surface area contributed by atoms with Crippen LogP contribution in [0.5, 0.6) is 5.75 Å². The van der Waals surface area contributed by atoms with Crippen LogP contribution < -0.4 is 20.3 Å². The van der Waals surface area contributed by atoms with Crippen LogP contribution in [0.15, 0.2) is 40.8 Å². The van der Waals surface area contributed by atoms with E-state index in [2.05, 4.69) is 15.6 Å². The molecule has 2 unspecified atom stereocenters. The maximum Gasteiger partial charge on any atom is 0.254 e. The molecule has 2 atom stereocenters. The van der Waals surface area contributed by atoms with E-state index in [1.807, 2.05) is 12.1 Å². The molecule has 200 valence electrons. The average molecular weight is 524 g/mol. The second-order valence-electron chi connectivity index (χ2n) is 8.86. The van der Waals surface area contributed by atoms with Gasteiger partial charge in [-0.05, 0) is 36.2 Å². The number of fused-ring (bicyclic) bond motifs is 2. The highest BCUT2D eigenvalue weighted by Gasteiger charge is 2.33. The first-order valence-corrected chi connectivity index (χ1v) is 12.0. The zero-order chi connectivity index (χ0) is 27.4. The molecule has 1 aromatic carbocycles. The number of aromatic nitrogens is 1. The fourth-order valence-corrected chi connectivity index (χ4v) is 4.49. The van der Waals surface area contributed by atoms with Crippen molar-refractivity contribution >= 4 is 41.0 Å². The predicted octanol–water partition coefficient (Wildman–Crippen LogP) is 1.13. The molecule has 2 aromatic heterocycles. The van der Waals surface area contributed by atoms with Gasteiger partial charge in [0.1, 0.15) is 22.8 Å². The third kappa shape index (κ3) is 5.16. The maximum atomic E-state index is 12.1. The predicted molar refractivity (Wildman–Crippen MR) is 136 cm³/mol. The van der Waals surface area contributed by atoms with Gasteiger partial charge in [-0.3, -0.25) is 24.1 Å². The van der Waals surface area contributed by atoms with E-state index >= 15 is 0 Å². The summed E-state index contributed by atoms with van der Waals surface area (Å²) in [6, 6.07) is 9.16. The number of rotatable bonds is 7. The summed E-state index contributed by atoms with van der Waals surface area (Å²) in [5.41, 5.74) is 2.72. The molecular weight excluding hydrogens is 494 g/mol. The first kappa shape index (κ1) is 26.6. The zero-order valence-electron chi connectivity index (χ0n) is 21.3. The van der Waals surface area contributed by atoms with Crippen LogP contribution in [0.1, 0.15) is 40.6 Å². The van der Waals surface area contributed by atoms with Crippen molar-refractivity contribution in [3.05, 3.63) is 53.3 Å². The van der Waals surface area contributed by atoms with Gasteiger partial charge in [0, 0.05) is 38.7 Å². The van der Waals surface area contributed by atoms with E-state index in [0.717, 1.165) is 16.9 Å². The molecule has 4 heterocycles. The third-order valence-electron chi connectivity index (χ3n) is 6.49. The summed E-state index contributed by atoms with van der Waals surface area (Å²) in [4.78, 5) is 53.8. The SMILES string of the molecule is CNC(=O)C(NC=O)c1cc2nc(N3C(=O)CCC3CO)ccc2o1.COc1ccc2c(c1)C(=O)N(C)C2. The fraction of sp³-hybridized carbons (Fsp3) is 0.346. The number of benzene rings is 1. The van der Waals surface area contributed by atoms with Gasteiger partial charge in [0.25, 0.3) is 5.91 Å². The number of aliphatic hydroxyl groups excluding tert-OH is 1. The second-order valence-corrected chi connectivity index (χ2v) is 8.86. The Balaban J connectivity index is 0.000000216. The number of carbonyl (C=O) groups is 4. The summed E-state index contributed by atoms with van der Waals surface area (Å²) in [5, 5.41) is 14.3. The lowest BCUT2D eigenvalue weighted by Crippen LogP contribution is -2.35. The van der Waals surface area contributed by atoms with Crippen molar-refractivity contribution in [1.82, 2.24) is 20.5 Å². The molecule has 0 bridgehead atoms. The number of carbonyl (C=O) groups excluding carboxylic acids is 4. The van der Waals surface area contributed by atoms with Gasteiger partial charge in [-0.25, -0.2) is 4.98 Å². The summed E-state index contributed by atoms with van der Waals surface area (Å²) in [6.07, 6.45) is 1.36. The van der Waals surface area contributed by atoms with Crippen LogP contribution in [-0.2, 0) is 20.9 Å². The number of furan rings is 1. The van der Waals surface area contributed by atoms with Crippen molar-refractivity contribution in [2.45, 2.75) is 31.5 Å².